The van der Waals surface area contributed by atoms with Gasteiger partial charge in [0.05, 0.1) is 5.39 Å². The van der Waals surface area contributed by atoms with E-state index in [9.17, 15) is 4.79 Å². The normalized spacial score (nSPS) is 19.0. The van der Waals surface area contributed by atoms with Crippen molar-refractivity contribution in [2.45, 2.75) is 52.4 Å². The van der Waals surface area contributed by atoms with E-state index in [0.717, 1.165) is 71.1 Å². The third-order valence-corrected chi connectivity index (χ3v) is 9.22. The maximum Gasteiger partial charge on any atom is 0.253 e. The van der Waals surface area contributed by atoms with Crippen LogP contribution in [0.15, 0.2) is 42.5 Å². The molecule has 0 bridgehead atoms. The summed E-state index contributed by atoms with van der Waals surface area (Å²) < 4.78 is 0. The lowest BCUT2D eigenvalue weighted by atomic mass is 9.89. The zero-order valence-electron chi connectivity index (χ0n) is 21.5. The number of aryl methyl sites for hydroxylation is 1. The van der Waals surface area contributed by atoms with Gasteiger partial charge in [-0.05, 0) is 60.1 Å². The lowest BCUT2D eigenvalue weighted by molar-refractivity contribution is 0.0746. The molecule has 1 amide bonds. The van der Waals surface area contributed by atoms with Gasteiger partial charge in [-0.25, -0.2) is 9.97 Å². The summed E-state index contributed by atoms with van der Waals surface area (Å²) in [7, 11) is 0. The summed E-state index contributed by atoms with van der Waals surface area (Å²) >= 11 is 1.88. The first-order chi connectivity index (χ1) is 17.5. The van der Waals surface area contributed by atoms with Crippen LogP contribution >= 0.6 is 11.3 Å². The van der Waals surface area contributed by atoms with Gasteiger partial charge in [0.2, 0.25) is 0 Å². The molecule has 186 valence electrons. The molecule has 0 radical (unpaired) electrons. The van der Waals surface area contributed by atoms with E-state index in [2.05, 4.69) is 37.8 Å². The minimum Gasteiger partial charge on any atom is -0.352 e. The number of fused-ring (bicyclic) bond motifs is 4. The zero-order chi connectivity index (χ0) is 24.8. The number of piperazine rings is 1. The Hall–Kier alpha value is -2.99. The van der Waals surface area contributed by atoms with Gasteiger partial charge in [0.1, 0.15) is 16.5 Å². The summed E-state index contributed by atoms with van der Waals surface area (Å²) in [4.78, 5) is 30.6. The van der Waals surface area contributed by atoms with Crippen molar-refractivity contribution in [3.05, 3.63) is 64.3 Å². The van der Waals surface area contributed by atoms with Crippen molar-refractivity contribution in [1.82, 2.24) is 14.9 Å². The number of hydrogen-bond donors (Lipinski definition) is 0. The Bertz CT molecular complexity index is 1440. The lowest BCUT2D eigenvalue weighted by Gasteiger charge is -2.36. The predicted octanol–water partition coefficient (Wildman–Crippen LogP) is 6.45. The minimum absolute atomic E-state index is 0.121. The molecular weight excluding hydrogens is 464 g/mol. The lowest BCUT2D eigenvalue weighted by Crippen LogP contribution is -2.49. The fourth-order valence-electron chi connectivity index (χ4n) is 5.60. The van der Waals surface area contributed by atoms with Gasteiger partial charge in [-0.3, -0.25) is 4.79 Å². The average Bonchev–Trinajstić information content (AvgIpc) is 3.28. The average molecular weight is 499 g/mol. The molecule has 1 fully saturated rings. The molecule has 1 aliphatic carbocycles. The second kappa shape index (κ2) is 9.47. The van der Waals surface area contributed by atoms with Crippen molar-refractivity contribution < 1.29 is 4.79 Å². The van der Waals surface area contributed by atoms with E-state index in [1.54, 1.807) is 0 Å². The standard InChI is InChI=1S/C30H34N4OS/c1-4-20(3)27-31-28(26-24-12-9-19(2)17-25(24)36-29(26)32-27)33-13-15-34(16-14-33)30(35)23-11-10-21-7-5-6-8-22(21)18-23/h5-8,10-11,18-20H,4,9,12-17H2,1-3H3. The van der Waals surface area contributed by atoms with Crippen LogP contribution in [-0.2, 0) is 12.8 Å². The first kappa shape index (κ1) is 23.4. The van der Waals surface area contributed by atoms with Crippen molar-refractivity contribution in [3.63, 3.8) is 0 Å². The quantitative estimate of drug-likeness (QED) is 0.325. The number of aromatic nitrogens is 2. The van der Waals surface area contributed by atoms with Crippen LogP contribution in [0, 0.1) is 5.92 Å². The molecule has 0 saturated carbocycles. The first-order valence-corrected chi connectivity index (χ1v) is 14.2. The van der Waals surface area contributed by atoms with E-state index in [-0.39, 0.29) is 5.91 Å². The molecule has 1 aliphatic heterocycles. The molecule has 2 aliphatic rings. The van der Waals surface area contributed by atoms with Crippen LogP contribution in [-0.4, -0.2) is 47.0 Å². The van der Waals surface area contributed by atoms with E-state index in [1.165, 1.54) is 22.2 Å². The molecule has 0 N–H and O–H groups in total. The van der Waals surface area contributed by atoms with E-state index in [1.807, 2.05) is 46.6 Å². The van der Waals surface area contributed by atoms with Crippen LogP contribution in [0.2, 0.25) is 0 Å². The molecule has 36 heavy (non-hydrogen) atoms. The monoisotopic (exact) mass is 498 g/mol. The van der Waals surface area contributed by atoms with Crippen molar-refractivity contribution in [2.24, 2.45) is 5.92 Å². The number of rotatable bonds is 4. The number of amides is 1. The minimum atomic E-state index is 0.121. The number of hydrogen-bond acceptors (Lipinski definition) is 5. The van der Waals surface area contributed by atoms with Gasteiger partial charge in [-0.15, -0.1) is 11.3 Å². The Morgan fingerprint density at radius 2 is 1.86 bits per heavy atom. The van der Waals surface area contributed by atoms with Crippen molar-refractivity contribution in [2.75, 3.05) is 31.1 Å². The highest BCUT2D eigenvalue weighted by atomic mass is 32.1. The molecule has 1 saturated heterocycles. The number of nitrogens with zero attached hydrogens (tertiary/aromatic N) is 4. The zero-order valence-corrected chi connectivity index (χ0v) is 22.3. The first-order valence-electron chi connectivity index (χ1n) is 13.4. The van der Waals surface area contributed by atoms with Crippen molar-refractivity contribution in [3.8, 4) is 0 Å². The molecule has 2 unspecified atom stereocenters. The Balaban J connectivity index is 1.28. The largest absolute Gasteiger partial charge is 0.352 e. The van der Waals surface area contributed by atoms with E-state index < -0.39 is 0 Å². The highest BCUT2D eigenvalue weighted by Crippen LogP contribution is 2.42. The van der Waals surface area contributed by atoms with Crippen molar-refractivity contribution in [1.29, 1.82) is 0 Å². The highest BCUT2D eigenvalue weighted by Gasteiger charge is 2.29. The summed E-state index contributed by atoms with van der Waals surface area (Å²) in [5, 5.41) is 3.56. The summed E-state index contributed by atoms with van der Waals surface area (Å²) in [5.41, 5.74) is 2.25. The Kier molecular flexibility index (Phi) is 6.16. The summed E-state index contributed by atoms with van der Waals surface area (Å²) in [6.45, 7) is 9.80. The Morgan fingerprint density at radius 1 is 1.08 bits per heavy atom. The Labute approximate surface area is 217 Å². The van der Waals surface area contributed by atoms with Crippen LogP contribution in [0.4, 0.5) is 5.82 Å². The van der Waals surface area contributed by atoms with Gasteiger partial charge in [0.25, 0.3) is 5.91 Å². The smallest absolute Gasteiger partial charge is 0.253 e. The van der Waals surface area contributed by atoms with Crippen LogP contribution < -0.4 is 4.90 Å². The van der Waals surface area contributed by atoms with Gasteiger partial charge < -0.3 is 9.80 Å². The second-order valence-corrected chi connectivity index (χ2v) is 11.7. The SMILES string of the molecule is CCC(C)c1nc(N2CCN(C(=O)c3ccc4ccccc4c3)CC2)c2c3c(sc2n1)CC(C)CC3. The molecule has 6 rings (SSSR count). The fourth-order valence-corrected chi connectivity index (χ4v) is 6.98. The van der Waals surface area contributed by atoms with Crippen molar-refractivity contribution >= 4 is 44.1 Å². The van der Waals surface area contributed by atoms with Crippen LogP contribution in [0.1, 0.15) is 66.2 Å². The molecule has 0 spiro atoms. The van der Waals surface area contributed by atoms with Crippen LogP contribution in [0.5, 0.6) is 0 Å². The third kappa shape index (κ3) is 4.15. The number of anilines is 1. The summed E-state index contributed by atoms with van der Waals surface area (Å²) in [6.07, 6.45) is 4.54. The Morgan fingerprint density at radius 3 is 2.64 bits per heavy atom. The van der Waals surface area contributed by atoms with E-state index in [0.29, 0.717) is 19.0 Å². The molecular formula is C30H34N4OS. The number of thiophene rings is 1. The van der Waals surface area contributed by atoms with E-state index >= 15 is 0 Å². The van der Waals surface area contributed by atoms with Gasteiger partial charge in [0, 0.05) is 42.5 Å². The molecule has 6 heteroatoms. The van der Waals surface area contributed by atoms with Gasteiger partial charge in [-0.2, -0.15) is 0 Å². The van der Waals surface area contributed by atoms with Crippen LogP contribution in [0.25, 0.3) is 21.0 Å². The number of carbonyl (C=O) groups excluding carboxylic acids is 1. The van der Waals surface area contributed by atoms with Crippen LogP contribution in [0.3, 0.4) is 0 Å². The molecule has 3 heterocycles. The maximum atomic E-state index is 13.3. The van der Waals surface area contributed by atoms with E-state index in [4.69, 9.17) is 9.97 Å². The second-order valence-electron chi connectivity index (χ2n) is 10.6. The van der Waals surface area contributed by atoms with Gasteiger partial charge >= 0.3 is 0 Å². The molecule has 2 aromatic carbocycles. The summed E-state index contributed by atoms with van der Waals surface area (Å²) in [5.74, 6) is 3.25. The topological polar surface area (TPSA) is 49.3 Å². The molecule has 4 aromatic rings. The maximum absolute atomic E-state index is 13.3. The van der Waals surface area contributed by atoms with Gasteiger partial charge in [-0.1, -0.05) is 51.1 Å². The number of carbonyl (C=O) groups is 1. The third-order valence-electron chi connectivity index (χ3n) is 8.07. The fraction of sp³-hybridized carbons (Fsp3) is 0.433. The molecule has 2 aromatic heterocycles. The number of benzene rings is 2. The predicted molar refractivity (Wildman–Crippen MR) is 149 cm³/mol. The summed E-state index contributed by atoms with van der Waals surface area (Å²) in [6, 6.07) is 14.2. The van der Waals surface area contributed by atoms with Gasteiger partial charge in [0.15, 0.2) is 0 Å². The highest BCUT2D eigenvalue weighted by molar-refractivity contribution is 7.19. The molecule has 2 atom stereocenters. The molecule has 5 nitrogen and oxygen atoms in total.